The molecule has 0 spiro atoms. The molecule has 1 aliphatic heterocycles. The first-order valence-electron chi connectivity index (χ1n) is 5.79. The molecule has 0 bridgehead atoms. The summed E-state index contributed by atoms with van der Waals surface area (Å²) in [5.41, 5.74) is 3.80. The Morgan fingerprint density at radius 3 is 2.94 bits per heavy atom. The third-order valence-corrected chi connectivity index (χ3v) is 2.96. The van der Waals surface area contributed by atoms with E-state index in [2.05, 4.69) is 15.8 Å². The molecular formula is C13H13N3O2. The van der Waals surface area contributed by atoms with Crippen LogP contribution in [0.25, 0.3) is 0 Å². The lowest BCUT2D eigenvalue weighted by Crippen LogP contribution is -2.11. The molecule has 2 heterocycles. The van der Waals surface area contributed by atoms with E-state index in [1.54, 1.807) is 13.0 Å². The number of anilines is 1. The van der Waals surface area contributed by atoms with Crippen LogP contribution in [-0.4, -0.2) is 11.1 Å². The van der Waals surface area contributed by atoms with E-state index in [1.165, 1.54) is 11.1 Å². The number of carbonyl (C=O) groups is 1. The van der Waals surface area contributed by atoms with Gasteiger partial charge in [-0.15, -0.1) is 0 Å². The number of carbonyl (C=O) groups excluding carboxylic acids is 1. The first kappa shape index (κ1) is 11.0. The largest absolute Gasteiger partial charge is 0.338 e. The van der Waals surface area contributed by atoms with Gasteiger partial charge in [0.1, 0.15) is 0 Å². The van der Waals surface area contributed by atoms with E-state index in [4.69, 9.17) is 4.52 Å². The number of rotatable bonds is 2. The second-order valence-electron chi connectivity index (χ2n) is 4.37. The van der Waals surface area contributed by atoms with Gasteiger partial charge in [-0.3, -0.25) is 10.1 Å². The van der Waals surface area contributed by atoms with Crippen LogP contribution in [0, 0.1) is 6.92 Å². The molecule has 2 N–H and O–H groups in total. The van der Waals surface area contributed by atoms with Crippen molar-refractivity contribution >= 4 is 11.8 Å². The maximum atomic E-state index is 12.0. The topological polar surface area (TPSA) is 67.2 Å². The zero-order valence-corrected chi connectivity index (χ0v) is 9.99. The van der Waals surface area contributed by atoms with Crippen molar-refractivity contribution in [3.63, 3.8) is 0 Å². The predicted octanol–water partition coefficient (Wildman–Crippen LogP) is 1.84. The highest BCUT2D eigenvalue weighted by Crippen LogP contribution is 2.18. The van der Waals surface area contributed by atoms with E-state index >= 15 is 0 Å². The van der Waals surface area contributed by atoms with Gasteiger partial charge in [-0.05, 0) is 30.2 Å². The number of aromatic nitrogens is 1. The van der Waals surface area contributed by atoms with Crippen LogP contribution >= 0.6 is 0 Å². The van der Waals surface area contributed by atoms with Crippen LogP contribution < -0.4 is 10.6 Å². The monoisotopic (exact) mass is 243 g/mol. The molecule has 3 rings (SSSR count). The number of benzene rings is 1. The zero-order valence-electron chi connectivity index (χ0n) is 9.99. The van der Waals surface area contributed by atoms with Crippen LogP contribution in [0.5, 0.6) is 0 Å². The summed E-state index contributed by atoms with van der Waals surface area (Å²) in [5, 5.41) is 9.65. The van der Waals surface area contributed by atoms with Crippen LogP contribution in [-0.2, 0) is 13.1 Å². The minimum atomic E-state index is -0.180. The number of nitrogens with one attached hydrogen (secondary N) is 2. The predicted molar refractivity (Wildman–Crippen MR) is 66.2 cm³/mol. The maximum Gasteiger partial charge on any atom is 0.258 e. The molecule has 0 saturated carbocycles. The highest BCUT2D eigenvalue weighted by molar-refractivity contribution is 6.03. The smallest absolute Gasteiger partial charge is 0.258 e. The summed E-state index contributed by atoms with van der Waals surface area (Å²) in [6.07, 6.45) is 0. The van der Waals surface area contributed by atoms with Gasteiger partial charge in [0.25, 0.3) is 5.91 Å². The van der Waals surface area contributed by atoms with Crippen molar-refractivity contribution in [3.8, 4) is 0 Å². The second-order valence-corrected chi connectivity index (χ2v) is 4.37. The standard InChI is InChI=1S/C13H13N3O2/c1-8-4-12(18-16-8)15-13(17)9-2-3-10-6-14-7-11(10)5-9/h2-5,14H,6-7H2,1H3,(H,15,17). The summed E-state index contributed by atoms with van der Waals surface area (Å²) in [5.74, 6) is 0.192. The van der Waals surface area contributed by atoms with Gasteiger partial charge in [-0.1, -0.05) is 11.2 Å². The lowest BCUT2D eigenvalue weighted by Gasteiger charge is -2.03. The molecule has 92 valence electrons. The van der Waals surface area contributed by atoms with Crippen LogP contribution in [0.4, 0.5) is 5.88 Å². The molecule has 0 fully saturated rings. The molecule has 1 amide bonds. The molecule has 0 atom stereocenters. The molecule has 0 saturated heterocycles. The lowest BCUT2D eigenvalue weighted by molar-refractivity contribution is 0.102. The summed E-state index contributed by atoms with van der Waals surface area (Å²) in [4.78, 5) is 12.0. The van der Waals surface area contributed by atoms with Gasteiger partial charge < -0.3 is 9.84 Å². The quantitative estimate of drug-likeness (QED) is 0.844. The Bertz CT molecular complexity index is 604. The van der Waals surface area contributed by atoms with Gasteiger partial charge in [-0.2, -0.15) is 0 Å². The molecule has 5 heteroatoms. The fraction of sp³-hybridized carbons (Fsp3) is 0.231. The molecule has 1 aromatic carbocycles. The van der Waals surface area contributed by atoms with Crippen molar-refractivity contribution in [2.45, 2.75) is 20.0 Å². The summed E-state index contributed by atoms with van der Waals surface area (Å²) in [6.45, 7) is 3.50. The summed E-state index contributed by atoms with van der Waals surface area (Å²) in [6, 6.07) is 7.40. The molecule has 2 aromatic rings. The fourth-order valence-corrected chi connectivity index (χ4v) is 2.04. The molecule has 1 aliphatic rings. The highest BCUT2D eigenvalue weighted by Gasteiger charge is 2.14. The van der Waals surface area contributed by atoms with Gasteiger partial charge in [0.2, 0.25) is 5.88 Å². The fourth-order valence-electron chi connectivity index (χ4n) is 2.04. The van der Waals surface area contributed by atoms with E-state index in [9.17, 15) is 4.79 Å². The van der Waals surface area contributed by atoms with Crippen molar-refractivity contribution in [2.24, 2.45) is 0 Å². The molecule has 0 aliphatic carbocycles. The Morgan fingerprint density at radius 2 is 2.17 bits per heavy atom. The molecule has 5 nitrogen and oxygen atoms in total. The van der Waals surface area contributed by atoms with Gasteiger partial charge in [0.15, 0.2) is 0 Å². The Hall–Kier alpha value is -2.14. The van der Waals surface area contributed by atoms with Gasteiger partial charge in [0.05, 0.1) is 5.69 Å². The van der Waals surface area contributed by atoms with Gasteiger partial charge in [-0.25, -0.2) is 0 Å². The average molecular weight is 243 g/mol. The maximum absolute atomic E-state index is 12.0. The minimum absolute atomic E-state index is 0.180. The van der Waals surface area contributed by atoms with Crippen LogP contribution in [0.1, 0.15) is 27.2 Å². The van der Waals surface area contributed by atoms with E-state index in [0.717, 1.165) is 18.8 Å². The van der Waals surface area contributed by atoms with Crippen molar-refractivity contribution in [3.05, 3.63) is 46.6 Å². The lowest BCUT2D eigenvalue weighted by atomic mass is 10.1. The summed E-state index contributed by atoms with van der Waals surface area (Å²) < 4.78 is 4.95. The normalized spacial score (nSPS) is 13.4. The van der Waals surface area contributed by atoms with E-state index in [1.807, 2.05) is 18.2 Å². The van der Waals surface area contributed by atoms with Crippen molar-refractivity contribution in [2.75, 3.05) is 5.32 Å². The number of aryl methyl sites for hydroxylation is 1. The minimum Gasteiger partial charge on any atom is -0.338 e. The van der Waals surface area contributed by atoms with E-state index in [0.29, 0.717) is 11.4 Å². The van der Waals surface area contributed by atoms with Crippen LogP contribution in [0.15, 0.2) is 28.8 Å². The Kier molecular flexibility index (Phi) is 2.60. The number of nitrogens with zero attached hydrogens (tertiary/aromatic N) is 1. The third-order valence-electron chi connectivity index (χ3n) is 2.96. The van der Waals surface area contributed by atoms with Crippen LogP contribution in [0.3, 0.4) is 0 Å². The molecule has 0 unspecified atom stereocenters. The first-order chi connectivity index (χ1) is 8.72. The second kappa shape index (κ2) is 4.27. The summed E-state index contributed by atoms with van der Waals surface area (Å²) >= 11 is 0. The van der Waals surface area contributed by atoms with E-state index < -0.39 is 0 Å². The van der Waals surface area contributed by atoms with Crippen molar-refractivity contribution < 1.29 is 9.32 Å². The molecule has 0 radical (unpaired) electrons. The van der Waals surface area contributed by atoms with Gasteiger partial charge in [0, 0.05) is 24.7 Å². The van der Waals surface area contributed by atoms with Crippen molar-refractivity contribution in [1.29, 1.82) is 0 Å². The van der Waals surface area contributed by atoms with Crippen LogP contribution in [0.2, 0.25) is 0 Å². The third kappa shape index (κ3) is 2.00. The number of amides is 1. The highest BCUT2D eigenvalue weighted by atomic mass is 16.5. The Labute approximate surface area is 104 Å². The SMILES string of the molecule is Cc1cc(NC(=O)c2ccc3c(c2)CNC3)on1. The first-order valence-corrected chi connectivity index (χ1v) is 5.79. The Morgan fingerprint density at radius 1 is 1.33 bits per heavy atom. The van der Waals surface area contributed by atoms with Crippen molar-refractivity contribution in [1.82, 2.24) is 10.5 Å². The molecule has 18 heavy (non-hydrogen) atoms. The summed E-state index contributed by atoms with van der Waals surface area (Å²) in [7, 11) is 0. The van der Waals surface area contributed by atoms with Gasteiger partial charge >= 0.3 is 0 Å². The number of hydrogen-bond donors (Lipinski definition) is 2. The zero-order chi connectivity index (χ0) is 12.5. The molecule has 1 aromatic heterocycles. The molecular weight excluding hydrogens is 230 g/mol. The average Bonchev–Trinajstić information content (AvgIpc) is 2.96. The Balaban J connectivity index is 1.80. The van der Waals surface area contributed by atoms with E-state index in [-0.39, 0.29) is 5.91 Å². The number of fused-ring (bicyclic) bond motifs is 1. The number of hydrogen-bond acceptors (Lipinski definition) is 4.